The van der Waals surface area contributed by atoms with Gasteiger partial charge >= 0.3 is 0 Å². The fourth-order valence-corrected chi connectivity index (χ4v) is 4.11. The van der Waals surface area contributed by atoms with Gasteiger partial charge in [-0.15, -0.1) is 0 Å². The molecule has 2 amide bonds. The van der Waals surface area contributed by atoms with Crippen LogP contribution in [0.4, 0.5) is 10.1 Å². The monoisotopic (exact) mass is 449 g/mol. The Morgan fingerprint density at radius 2 is 2.00 bits per heavy atom. The average molecular weight is 450 g/mol. The average Bonchev–Trinajstić information content (AvgIpc) is 2.92. The highest BCUT2D eigenvalue weighted by molar-refractivity contribution is 6.08. The molecule has 2 aliphatic heterocycles. The van der Waals surface area contributed by atoms with Gasteiger partial charge in [-0.2, -0.15) is 0 Å². The predicted molar refractivity (Wildman–Crippen MR) is 126 cm³/mol. The van der Waals surface area contributed by atoms with Crippen LogP contribution < -0.4 is 15.0 Å². The van der Waals surface area contributed by atoms with Crippen LogP contribution in [0.15, 0.2) is 59.1 Å². The minimum absolute atomic E-state index is 0.0161. The summed E-state index contributed by atoms with van der Waals surface area (Å²) in [4.78, 5) is 32.2. The van der Waals surface area contributed by atoms with Crippen molar-refractivity contribution in [3.8, 4) is 5.75 Å². The first-order valence-corrected chi connectivity index (χ1v) is 11.2. The van der Waals surface area contributed by atoms with Crippen molar-refractivity contribution < 1.29 is 18.7 Å². The van der Waals surface area contributed by atoms with Gasteiger partial charge in [0.2, 0.25) is 5.91 Å². The molecule has 4 rings (SSSR count). The maximum Gasteiger partial charge on any atom is 0.252 e. The van der Waals surface area contributed by atoms with Crippen molar-refractivity contribution in [3.63, 3.8) is 0 Å². The van der Waals surface area contributed by atoms with E-state index in [2.05, 4.69) is 34.6 Å². The van der Waals surface area contributed by atoms with E-state index >= 15 is 0 Å². The number of ether oxygens (including phenoxy) is 1. The number of carbonyl (C=O) groups excluding carboxylic acids is 2. The van der Waals surface area contributed by atoms with Crippen molar-refractivity contribution in [1.29, 1.82) is 0 Å². The molecule has 0 aliphatic carbocycles. The highest BCUT2D eigenvalue weighted by Crippen LogP contribution is 2.31. The number of amides is 2. The molecule has 2 aliphatic rings. The molecule has 0 bridgehead atoms. The van der Waals surface area contributed by atoms with Crippen LogP contribution in [0.3, 0.4) is 0 Å². The number of fused-ring (bicyclic) bond motifs is 1. The molecule has 2 aromatic carbocycles. The first kappa shape index (κ1) is 22.7. The van der Waals surface area contributed by atoms with E-state index in [0.29, 0.717) is 30.0 Å². The van der Waals surface area contributed by atoms with Gasteiger partial charge < -0.3 is 15.0 Å². The number of aliphatic imine (C=N–C) groups is 1. The summed E-state index contributed by atoms with van der Waals surface area (Å²) in [6, 6.07) is 11.4. The Hall–Kier alpha value is -3.48. The van der Waals surface area contributed by atoms with Gasteiger partial charge in [0.15, 0.2) is 0 Å². The lowest BCUT2D eigenvalue weighted by Crippen LogP contribution is -2.50. The van der Waals surface area contributed by atoms with Gasteiger partial charge in [-0.05, 0) is 37.1 Å². The van der Waals surface area contributed by atoms with Crippen LogP contribution in [0, 0.1) is 18.7 Å². The fraction of sp³-hybridized carbons (Fsp3) is 0.346. The summed E-state index contributed by atoms with van der Waals surface area (Å²) in [7, 11) is 1.55. The van der Waals surface area contributed by atoms with Crippen molar-refractivity contribution >= 4 is 23.2 Å². The quantitative estimate of drug-likeness (QED) is 0.758. The molecule has 33 heavy (non-hydrogen) atoms. The molecule has 0 saturated carbocycles. The molecule has 0 radical (unpaired) electrons. The number of rotatable bonds is 5. The summed E-state index contributed by atoms with van der Waals surface area (Å²) >= 11 is 0. The van der Waals surface area contributed by atoms with Crippen molar-refractivity contribution in [2.24, 2.45) is 10.9 Å². The molecule has 172 valence electrons. The van der Waals surface area contributed by atoms with Gasteiger partial charge in [-0.1, -0.05) is 36.8 Å². The predicted octanol–water partition coefficient (Wildman–Crippen LogP) is 3.62. The molecule has 6 nitrogen and oxygen atoms in total. The summed E-state index contributed by atoms with van der Waals surface area (Å²) in [5.74, 6) is -0.730. The van der Waals surface area contributed by atoms with E-state index in [0.717, 1.165) is 17.7 Å². The van der Waals surface area contributed by atoms with Crippen molar-refractivity contribution in [3.05, 3.63) is 71.1 Å². The van der Waals surface area contributed by atoms with Crippen molar-refractivity contribution in [2.45, 2.75) is 32.7 Å². The van der Waals surface area contributed by atoms with Gasteiger partial charge in [0.05, 0.1) is 5.69 Å². The highest BCUT2D eigenvalue weighted by atomic mass is 19.1. The zero-order chi connectivity index (χ0) is 23.5. The largest absolute Gasteiger partial charge is 0.489 e. The molecule has 2 unspecified atom stereocenters. The highest BCUT2D eigenvalue weighted by Gasteiger charge is 2.33. The summed E-state index contributed by atoms with van der Waals surface area (Å²) in [6.45, 7) is 4.57. The zero-order valence-electron chi connectivity index (χ0n) is 19.1. The molecule has 0 spiro atoms. The number of dihydropyridines is 1. The number of aryl methyl sites for hydroxylation is 1. The number of anilines is 1. The first-order chi connectivity index (χ1) is 15.9. The summed E-state index contributed by atoms with van der Waals surface area (Å²) in [6.07, 6.45) is 3.26. The molecule has 1 N–H and O–H groups in total. The van der Waals surface area contributed by atoms with Crippen LogP contribution >= 0.6 is 0 Å². The topological polar surface area (TPSA) is 71.0 Å². The molecule has 2 heterocycles. The fourth-order valence-electron chi connectivity index (χ4n) is 4.11. The zero-order valence-corrected chi connectivity index (χ0v) is 19.1. The third-order valence-electron chi connectivity index (χ3n) is 6.16. The number of hydrogen-bond acceptors (Lipinski definition) is 4. The van der Waals surface area contributed by atoms with Crippen LogP contribution in [0.25, 0.3) is 0 Å². The van der Waals surface area contributed by atoms with E-state index in [9.17, 15) is 14.0 Å². The van der Waals surface area contributed by atoms with E-state index in [1.807, 2.05) is 19.9 Å². The molecular formula is C26H28FN3O3. The molecule has 0 saturated heterocycles. The molecule has 0 aromatic heterocycles. The Balaban J connectivity index is 1.51. The third-order valence-corrected chi connectivity index (χ3v) is 6.16. The van der Waals surface area contributed by atoms with Gasteiger partial charge in [0.25, 0.3) is 5.91 Å². The second-order valence-electron chi connectivity index (χ2n) is 8.55. The number of nitrogens with one attached hydrogen (secondary N) is 1. The number of benzene rings is 2. The lowest BCUT2D eigenvalue weighted by atomic mass is 9.90. The molecule has 7 heteroatoms. The van der Waals surface area contributed by atoms with Crippen LogP contribution in [0.5, 0.6) is 5.75 Å². The third kappa shape index (κ3) is 4.97. The number of carbonyl (C=O) groups is 2. The number of halogens is 1. The molecule has 2 aromatic rings. The molecular weight excluding hydrogens is 421 g/mol. The Kier molecular flexibility index (Phi) is 6.58. The Bertz CT molecular complexity index is 1120. The van der Waals surface area contributed by atoms with Crippen LogP contribution in [-0.4, -0.2) is 43.8 Å². The Morgan fingerprint density at radius 3 is 2.73 bits per heavy atom. The van der Waals surface area contributed by atoms with Gasteiger partial charge in [0, 0.05) is 43.3 Å². The minimum atomic E-state index is -0.879. The van der Waals surface area contributed by atoms with Crippen LogP contribution in [0.2, 0.25) is 0 Å². The van der Waals surface area contributed by atoms with E-state index in [1.54, 1.807) is 7.05 Å². The van der Waals surface area contributed by atoms with Gasteiger partial charge in [-0.25, -0.2) is 4.39 Å². The first-order valence-electron chi connectivity index (χ1n) is 11.2. The summed E-state index contributed by atoms with van der Waals surface area (Å²) < 4.78 is 19.4. The van der Waals surface area contributed by atoms with Crippen molar-refractivity contribution in [2.75, 3.05) is 25.1 Å². The number of allylic oxidation sites excluding steroid dienone is 1. The van der Waals surface area contributed by atoms with Gasteiger partial charge in [0.1, 0.15) is 24.2 Å². The normalized spacial score (nSPS) is 20.2. The number of likely N-dealkylation sites (N-methyl/N-ethyl adjacent to an activating group) is 1. The van der Waals surface area contributed by atoms with E-state index < -0.39 is 11.9 Å². The lowest BCUT2D eigenvalue weighted by molar-refractivity contribution is -0.126. The van der Waals surface area contributed by atoms with Gasteiger partial charge in [-0.3, -0.25) is 14.6 Å². The minimum Gasteiger partial charge on any atom is -0.489 e. The van der Waals surface area contributed by atoms with Crippen LogP contribution in [-0.2, 0) is 16.0 Å². The molecule has 0 fully saturated rings. The number of hydrogen-bond donors (Lipinski definition) is 1. The van der Waals surface area contributed by atoms with Crippen molar-refractivity contribution in [1.82, 2.24) is 5.32 Å². The van der Waals surface area contributed by atoms with E-state index in [1.165, 1.54) is 28.7 Å². The smallest absolute Gasteiger partial charge is 0.252 e. The molecule has 2 atom stereocenters. The van der Waals surface area contributed by atoms with Crippen LogP contribution in [0.1, 0.15) is 24.5 Å². The van der Waals surface area contributed by atoms with E-state index in [-0.39, 0.29) is 24.3 Å². The second-order valence-corrected chi connectivity index (χ2v) is 8.55. The second kappa shape index (κ2) is 9.57. The standard InChI is InChI=1S/C26H28FN3O3/c1-4-18-14-28-20(11-17-7-5-16(2)6-8-17)13-21(18)25(31)29-22-15-33-24-10-9-19(27)12-23(24)30(3)26(22)32/h5-10,12-13,18,22H,4,11,14-15H2,1-3H3,(H,29,31). The maximum atomic E-state index is 13.7. The summed E-state index contributed by atoms with van der Waals surface area (Å²) in [5.41, 5.74) is 4.13. The maximum absolute atomic E-state index is 13.7. The van der Waals surface area contributed by atoms with E-state index in [4.69, 9.17) is 4.74 Å². The summed E-state index contributed by atoms with van der Waals surface area (Å²) in [5, 5.41) is 2.84. The Morgan fingerprint density at radius 1 is 1.24 bits per heavy atom. The number of nitrogens with zero attached hydrogens (tertiary/aromatic N) is 2. The Labute approximate surface area is 193 Å². The lowest BCUT2D eigenvalue weighted by Gasteiger charge is -2.25. The SMILES string of the molecule is CCC1CN=C(Cc2ccc(C)cc2)C=C1C(=O)NC1COc2ccc(F)cc2N(C)C1=O.